The second-order valence-electron chi connectivity index (χ2n) is 4.03. The highest BCUT2D eigenvalue weighted by Crippen LogP contribution is 2.32. The van der Waals surface area contributed by atoms with E-state index in [9.17, 15) is 9.90 Å². The van der Waals surface area contributed by atoms with Gasteiger partial charge in [-0.2, -0.15) is 0 Å². The van der Waals surface area contributed by atoms with Crippen LogP contribution in [0.1, 0.15) is 19.8 Å². The van der Waals surface area contributed by atoms with E-state index in [1.54, 1.807) is 0 Å². The van der Waals surface area contributed by atoms with Gasteiger partial charge < -0.3 is 19.3 Å². The number of esters is 1. The van der Waals surface area contributed by atoms with Gasteiger partial charge in [-0.15, -0.1) is 0 Å². The monoisotopic (exact) mass is 216 g/mol. The van der Waals surface area contributed by atoms with Gasteiger partial charge in [0.25, 0.3) is 0 Å². The van der Waals surface area contributed by atoms with Gasteiger partial charge in [0.05, 0.1) is 31.5 Å². The van der Waals surface area contributed by atoms with Crippen LogP contribution in [0.25, 0.3) is 0 Å². The molecule has 2 heterocycles. The molecule has 0 spiro atoms. The van der Waals surface area contributed by atoms with Gasteiger partial charge in [-0.25, -0.2) is 0 Å². The lowest BCUT2D eigenvalue weighted by molar-refractivity contribution is -0.141. The van der Waals surface area contributed by atoms with Crippen molar-refractivity contribution >= 4 is 5.97 Å². The Morgan fingerprint density at radius 2 is 2.40 bits per heavy atom. The molecule has 0 bridgehead atoms. The minimum Gasteiger partial charge on any atom is -0.466 e. The molecule has 2 fully saturated rings. The summed E-state index contributed by atoms with van der Waals surface area (Å²) in [7, 11) is 0. The lowest BCUT2D eigenvalue weighted by Crippen LogP contribution is -2.19. The number of carbonyl (C=O) groups excluding carboxylic acids is 1. The smallest absolute Gasteiger partial charge is 0.302 e. The molecule has 2 aliphatic rings. The van der Waals surface area contributed by atoms with E-state index in [4.69, 9.17) is 14.2 Å². The van der Waals surface area contributed by atoms with Crippen LogP contribution >= 0.6 is 0 Å². The fraction of sp³-hybridized carbons (Fsp3) is 0.900. The molecule has 0 saturated carbocycles. The summed E-state index contributed by atoms with van der Waals surface area (Å²) in [6.07, 6.45) is 1.03. The van der Waals surface area contributed by atoms with E-state index < -0.39 is 6.10 Å². The molecule has 4 atom stereocenters. The summed E-state index contributed by atoms with van der Waals surface area (Å²) in [5, 5.41) is 9.67. The lowest BCUT2D eigenvalue weighted by Gasteiger charge is -2.04. The number of epoxide rings is 2. The molecule has 5 nitrogen and oxygen atoms in total. The Labute approximate surface area is 88.3 Å². The van der Waals surface area contributed by atoms with E-state index in [-0.39, 0.29) is 24.3 Å². The number of rotatable bonds is 6. The van der Waals surface area contributed by atoms with Crippen molar-refractivity contribution in [3.05, 3.63) is 0 Å². The van der Waals surface area contributed by atoms with E-state index in [1.165, 1.54) is 6.92 Å². The van der Waals surface area contributed by atoms with Crippen molar-refractivity contribution in [2.24, 2.45) is 0 Å². The summed E-state index contributed by atoms with van der Waals surface area (Å²) >= 11 is 0. The van der Waals surface area contributed by atoms with Crippen LogP contribution in [0.5, 0.6) is 0 Å². The Morgan fingerprint density at radius 1 is 1.67 bits per heavy atom. The minimum atomic E-state index is -0.445. The van der Waals surface area contributed by atoms with Gasteiger partial charge in [0.1, 0.15) is 6.10 Å². The van der Waals surface area contributed by atoms with E-state index in [0.29, 0.717) is 19.4 Å². The number of hydrogen-bond donors (Lipinski definition) is 1. The maximum absolute atomic E-state index is 10.5. The van der Waals surface area contributed by atoms with Crippen molar-refractivity contribution < 1.29 is 24.1 Å². The zero-order chi connectivity index (χ0) is 10.8. The summed E-state index contributed by atoms with van der Waals surface area (Å²) in [6.45, 7) is 2.50. The van der Waals surface area contributed by atoms with Crippen molar-refractivity contribution in [3.8, 4) is 0 Å². The summed E-state index contributed by atoms with van der Waals surface area (Å²) in [5.74, 6) is -0.279. The molecule has 2 aliphatic heterocycles. The average Bonchev–Trinajstić information content (AvgIpc) is 2.96. The highest BCUT2D eigenvalue weighted by atomic mass is 16.6. The predicted molar refractivity (Wildman–Crippen MR) is 50.3 cm³/mol. The zero-order valence-electron chi connectivity index (χ0n) is 8.72. The Balaban J connectivity index is 1.56. The molecular formula is C10H16O5. The summed E-state index contributed by atoms with van der Waals surface area (Å²) in [6, 6.07) is 0. The molecule has 15 heavy (non-hydrogen) atoms. The largest absolute Gasteiger partial charge is 0.466 e. The van der Waals surface area contributed by atoms with Crippen LogP contribution in [-0.4, -0.2) is 48.7 Å². The first-order valence-electron chi connectivity index (χ1n) is 5.25. The van der Waals surface area contributed by atoms with Gasteiger partial charge in [-0.3, -0.25) is 4.79 Å². The number of aliphatic hydroxyl groups is 1. The van der Waals surface area contributed by atoms with Crippen LogP contribution < -0.4 is 0 Å². The van der Waals surface area contributed by atoms with Crippen molar-refractivity contribution in [3.63, 3.8) is 0 Å². The molecule has 0 aromatic heterocycles. The number of aliphatic hydroxyl groups excluding tert-OH is 1. The molecular weight excluding hydrogens is 200 g/mol. The fourth-order valence-electron chi connectivity index (χ4n) is 1.65. The van der Waals surface area contributed by atoms with Crippen LogP contribution in [0.15, 0.2) is 0 Å². The molecule has 1 N–H and O–H groups in total. The van der Waals surface area contributed by atoms with Crippen LogP contribution in [0, 0.1) is 0 Å². The topological polar surface area (TPSA) is 71.6 Å². The third-order valence-corrected chi connectivity index (χ3v) is 2.62. The maximum Gasteiger partial charge on any atom is 0.302 e. The van der Waals surface area contributed by atoms with Crippen LogP contribution in [0.4, 0.5) is 0 Å². The Morgan fingerprint density at radius 3 is 3.00 bits per heavy atom. The SMILES string of the molecule is CC(=O)OCCC1OC1C(O)CC1CO1. The average molecular weight is 216 g/mol. The first-order chi connectivity index (χ1) is 7.16. The maximum atomic E-state index is 10.5. The second-order valence-corrected chi connectivity index (χ2v) is 4.03. The highest BCUT2D eigenvalue weighted by Gasteiger charge is 2.45. The molecule has 0 aromatic carbocycles. The van der Waals surface area contributed by atoms with E-state index in [1.807, 2.05) is 0 Å². The molecule has 4 unspecified atom stereocenters. The van der Waals surface area contributed by atoms with Crippen molar-refractivity contribution in [1.29, 1.82) is 0 Å². The first-order valence-corrected chi connectivity index (χ1v) is 5.25. The van der Waals surface area contributed by atoms with Gasteiger partial charge in [0.15, 0.2) is 0 Å². The first kappa shape index (κ1) is 10.9. The molecule has 5 heteroatoms. The molecule has 2 rings (SSSR count). The normalized spacial score (nSPS) is 34.7. The third kappa shape index (κ3) is 3.44. The van der Waals surface area contributed by atoms with Gasteiger partial charge in [-0.05, 0) is 0 Å². The van der Waals surface area contributed by atoms with Gasteiger partial charge in [-0.1, -0.05) is 0 Å². The lowest BCUT2D eigenvalue weighted by atomic mass is 10.1. The second kappa shape index (κ2) is 4.47. The third-order valence-electron chi connectivity index (χ3n) is 2.62. The van der Waals surface area contributed by atoms with E-state index >= 15 is 0 Å². The quantitative estimate of drug-likeness (QED) is 0.494. The minimum absolute atomic E-state index is 0.0399. The van der Waals surface area contributed by atoms with Gasteiger partial charge in [0.2, 0.25) is 0 Å². The fourth-order valence-corrected chi connectivity index (χ4v) is 1.65. The van der Waals surface area contributed by atoms with E-state index in [2.05, 4.69) is 0 Å². The molecule has 0 radical (unpaired) electrons. The van der Waals surface area contributed by atoms with Crippen molar-refractivity contribution in [1.82, 2.24) is 0 Å². The van der Waals surface area contributed by atoms with Crippen LogP contribution in [0.3, 0.4) is 0 Å². The van der Waals surface area contributed by atoms with Crippen LogP contribution in [0.2, 0.25) is 0 Å². The molecule has 0 amide bonds. The standard InChI is InChI=1S/C10H16O5/c1-6(11)13-3-2-9-10(15-9)8(12)4-7-5-14-7/h7-10,12H,2-5H2,1H3. The Bertz CT molecular complexity index is 238. The van der Waals surface area contributed by atoms with Crippen molar-refractivity contribution in [2.45, 2.75) is 44.2 Å². The molecule has 86 valence electrons. The van der Waals surface area contributed by atoms with Crippen molar-refractivity contribution in [2.75, 3.05) is 13.2 Å². The number of hydrogen-bond acceptors (Lipinski definition) is 5. The van der Waals surface area contributed by atoms with Gasteiger partial charge in [0, 0.05) is 19.8 Å². The summed E-state index contributed by atoms with van der Waals surface area (Å²) < 4.78 is 15.1. The molecule has 0 aromatic rings. The molecule has 0 aliphatic carbocycles. The van der Waals surface area contributed by atoms with E-state index in [0.717, 1.165) is 6.61 Å². The van der Waals surface area contributed by atoms with Gasteiger partial charge >= 0.3 is 5.97 Å². The number of ether oxygens (including phenoxy) is 3. The Hall–Kier alpha value is -0.650. The van der Waals surface area contributed by atoms with Crippen LogP contribution in [-0.2, 0) is 19.0 Å². The number of carbonyl (C=O) groups is 1. The zero-order valence-corrected chi connectivity index (χ0v) is 8.72. The highest BCUT2D eigenvalue weighted by molar-refractivity contribution is 5.65. The summed E-state index contributed by atoms with van der Waals surface area (Å²) in [4.78, 5) is 10.5. The predicted octanol–water partition coefficient (Wildman–Crippen LogP) is -0.143. The summed E-state index contributed by atoms with van der Waals surface area (Å²) in [5.41, 5.74) is 0. The Kier molecular flexibility index (Phi) is 3.23. The molecule has 2 saturated heterocycles.